The molecule has 0 spiro atoms. The normalized spacial score (nSPS) is 9.68. The van der Waals surface area contributed by atoms with Crippen LogP contribution >= 0.6 is 0 Å². The Morgan fingerprint density at radius 3 is 2.53 bits per heavy atom. The second kappa shape index (κ2) is 6.63. The molecule has 1 rings (SSSR count). The third-order valence-corrected chi connectivity index (χ3v) is 1.96. The Kier molecular flexibility index (Phi) is 5.17. The van der Waals surface area contributed by atoms with Gasteiger partial charge in [-0.1, -0.05) is 5.57 Å². The van der Waals surface area contributed by atoms with Crippen LogP contribution in [0.5, 0.6) is 0 Å². The van der Waals surface area contributed by atoms with Gasteiger partial charge in [0.25, 0.3) is 5.91 Å². The largest absolute Gasteiger partial charge is 0.452 e. The van der Waals surface area contributed by atoms with Crippen LogP contribution in [-0.4, -0.2) is 18.5 Å². The van der Waals surface area contributed by atoms with Gasteiger partial charge in [0.2, 0.25) is 0 Å². The minimum Gasteiger partial charge on any atom is -0.452 e. The molecule has 0 radical (unpaired) electrons. The molecule has 0 unspecified atom stereocenters. The van der Waals surface area contributed by atoms with Crippen molar-refractivity contribution in [2.45, 2.75) is 13.8 Å². The summed E-state index contributed by atoms with van der Waals surface area (Å²) in [6.07, 6.45) is 1.24. The molecule has 6 heteroatoms. The van der Waals surface area contributed by atoms with Crippen LogP contribution in [0.15, 0.2) is 29.8 Å². The molecule has 0 aliphatic rings. The van der Waals surface area contributed by atoms with Crippen molar-refractivity contribution in [1.82, 2.24) is 0 Å². The van der Waals surface area contributed by atoms with E-state index in [2.05, 4.69) is 10.1 Å². The highest BCUT2D eigenvalue weighted by molar-refractivity contribution is 5.93. The lowest BCUT2D eigenvalue weighted by Crippen LogP contribution is -2.20. The molecule has 0 heterocycles. The number of ether oxygens (including phenoxy) is 1. The number of benzene rings is 1. The molecule has 0 fully saturated rings. The average Bonchev–Trinajstić information content (AvgIpc) is 2.30. The zero-order chi connectivity index (χ0) is 14.4. The molecule has 102 valence electrons. The van der Waals surface area contributed by atoms with E-state index in [1.165, 1.54) is 12.1 Å². The summed E-state index contributed by atoms with van der Waals surface area (Å²) in [6.45, 7) is 2.92. The maximum Gasteiger partial charge on any atom is 0.331 e. The van der Waals surface area contributed by atoms with Crippen molar-refractivity contribution in [3.05, 3.63) is 41.5 Å². The van der Waals surface area contributed by atoms with Gasteiger partial charge in [0, 0.05) is 17.8 Å². The van der Waals surface area contributed by atoms with E-state index in [1.54, 1.807) is 13.8 Å². The maximum absolute atomic E-state index is 12.9. The van der Waals surface area contributed by atoms with Crippen molar-refractivity contribution in [3.8, 4) is 0 Å². The zero-order valence-electron chi connectivity index (χ0n) is 10.5. The minimum atomic E-state index is -1.07. The van der Waals surface area contributed by atoms with Crippen LogP contribution in [-0.2, 0) is 14.3 Å². The number of allylic oxidation sites excluding steroid dienone is 1. The van der Waals surface area contributed by atoms with Gasteiger partial charge in [-0.25, -0.2) is 13.6 Å². The van der Waals surface area contributed by atoms with Crippen molar-refractivity contribution >= 4 is 17.6 Å². The summed E-state index contributed by atoms with van der Waals surface area (Å²) < 4.78 is 30.2. The second-order valence-electron chi connectivity index (χ2n) is 4.01. The average molecular weight is 269 g/mol. The smallest absolute Gasteiger partial charge is 0.331 e. The summed E-state index contributed by atoms with van der Waals surface area (Å²) >= 11 is 0. The van der Waals surface area contributed by atoms with Gasteiger partial charge in [-0.05, 0) is 26.0 Å². The van der Waals surface area contributed by atoms with Crippen LogP contribution in [0.25, 0.3) is 0 Å². The topological polar surface area (TPSA) is 55.4 Å². The molecule has 1 aromatic carbocycles. The fraction of sp³-hybridized carbons (Fsp3) is 0.231. The molecular weight excluding hydrogens is 256 g/mol. The Balaban J connectivity index is 2.49. The highest BCUT2D eigenvalue weighted by atomic mass is 19.2. The molecule has 0 bridgehead atoms. The van der Waals surface area contributed by atoms with Crippen LogP contribution in [0.4, 0.5) is 14.5 Å². The molecule has 0 atom stereocenters. The summed E-state index contributed by atoms with van der Waals surface area (Å²) in [5, 5.41) is 2.28. The number of anilines is 1. The number of esters is 1. The Bertz CT molecular complexity index is 523. The van der Waals surface area contributed by atoms with E-state index in [1.807, 2.05) is 0 Å². The van der Waals surface area contributed by atoms with Crippen molar-refractivity contribution < 1.29 is 23.1 Å². The fourth-order valence-corrected chi connectivity index (χ4v) is 1.19. The number of halogens is 2. The molecule has 0 saturated carbocycles. The van der Waals surface area contributed by atoms with E-state index in [0.717, 1.165) is 17.7 Å². The van der Waals surface area contributed by atoms with Gasteiger partial charge in [0.05, 0.1) is 0 Å². The highest BCUT2D eigenvalue weighted by Gasteiger charge is 2.08. The van der Waals surface area contributed by atoms with Crippen molar-refractivity contribution in [2.75, 3.05) is 11.9 Å². The third-order valence-electron chi connectivity index (χ3n) is 1.96. The monoisotopic (exact) mass is 269 g/mol. The van der Waals surface area contributed by atoms with Gasteiger partial charge in [0.1, 0.15) is 0 Å². The first-order chi connectivity index (χ1) is 8.88. The van der Waals surface area contributed by atoms with Gasteiger partial charge in [-0.2, -0.15) is 0 Å². The summed E-state index contributed by atoms with van der Waals surface area (Å²) in [7, 11) is 0. The Morgan fingerprint density at radius 2 is 1.95 bits per heavy atom. The van der Waals surface area contributed by atoms with E-state index in [0.29, 0.717) is 0 Å². The molecular formula is C13H13F2NO3. The Hall–Kier alpha value is -2.24. The molecule has 0 saturated heterocycles. The summed E-state index contributed by atoms with van der Waals surface area (Å²) in [5.74, 6) is -3.35. The quantitative estimate of drug-likeness (QED) is 0.674. The zero-order valence-corrected chi connectivity index (χ0v) is 10.5. The Morgan fingerprint density at radius 1 is 1.26 bits per heavy atom. The predicted octanol–water partition coefficient (Wildman–Crippen LogP) is 2.41. The van der Waals surface area contributed by atoms with E-state index in [4.69, 9.17) is 0 Å². The van der Waals surface area contributed by atoms with E-state index in [9.17, 15) is 18.4 Å². The van der Waals surface area contributed by atoms with Gasteiger partial charge in [-0.3, -0.25) is 4.79 Å². The number of rotatable bonds is 4. The summed E-state index contributed by atoms with van der Waals surface area (Å²) in [4.78, 5) is 22.5. The molecule has 1 amide bonds. The van der Waals surface area contributed by atoms with E-state index >= 15 is 0 Å². The van der Waals surface area contributed by atoms with E-state index < -0.39 is 30.1 Å². The van der Waals surface area contributed by atoms with Gasteiger partial charge >= 0.3 is 5.97 Å². The lowest BCUT2D eigenvalue weighted by molar-refractivity contribution is -0.142. The minimum absolute atomic E-state index is 0.0853. The fourth-order valence-electron chi connectivity index (χ4n) is 1.19. The van der Waals surface area contributed by atoms with Gasteiger partial charge < -0.3 is 10.1 Å². The first-order valence-corrected chi connectivity index (χ1v) is 5.45. The number of carbonyl (C=O) groups is 2. The van der Waals surface area contributed by atoms with E-state index in [-0.39, 0.29) is 5.69 Å². The molecule has 0 aliphatic heterocycles. The lowest BCUT2D eigenvalue weighted by Gasteiger charge is -2.05. The first kappa shape index (κ1) is 14.8. The molecule has 4 nitrogen and oxygen atoms in total. The summed E-state index contributed by atoms with van der Waals surface area (Å²) in [5.41, 5.74) is 0.827. The first-order valence-electron chi connectivity index (χ1n) is 5.45. The third kappa shape index (κ3) is 5.29. The van der Waals surface area contributed by atoms with Crippen molar-refractivity contribution in [2.24, 2.45) is 0 Å². The molecule has 1 aromatic rings. The van der Waals surface area contributed by atoms with Crippen LogP contribution in [0.2, 0.25) is 0 Å². The van der Waals surface area contributed by atoms with Crippen molar-refractivity contribution in [1.29, 1.82) is 0 Å². The number of nitrogens with one attached hydrogen (secondary N) is 1. The SMILES string of the molecule is CC(C)=CC(=O)OCC(=O)Nc1ccc(F)c(F)c1. The van der Waals surface area contributed by atoms with Crippen LogP contribution in [0.1, 0.15) is 13.8 Å². The summed E-state index contributed by atoms with van der Waals surface area (Å²) in [6, 6.07) is 2.93. The number of carbonyl (C=O) groups excluding carboxylic acids is 2. The second-order valence-corrected chi connectivity index (χ2v) is 4.01. The predicted molar refractivity (Wildman–Crippen MR) is 65.4 cm³/mol. The molecule has 0 aliphatic carbocycles. The molecule has 19 heavy (non-hydrogen) atoms. The Labute approximate surface area is 109 Å². The molecule has 1 N–H and O–H groups in total. The maximum atomic E-state index is 12.9. The highest BCUT2D eigenvalue weighted by Crippen LogP contribution is 2.12. The van der Waals surface area contributed by atoms with Gasteiger partial charge in [0.15, 0.2) is 18.2 Å². The number of amides is 1. The van der Waals surface area contributed by atoms with Crippen LogP contribution in [0, 0.1) is 11.6 Å². The van der Waals surface area contributed by atoms with Crippen molar-refractivity contribution in [3.63, 3.8) is 0 Å². The number of hydrogen-bond acceptors (Lipinski definition) is 3. The van der Waals surface area contributed by atoms with Gasteiger partial charge in [-0.15, -0.1) is 0 Å². The standard InChI is InChI=1S/C13H13F2NO3/c1-8(2)5-13(18)19-7-12(17)16-9-3-4-10(14)11(15)6-9/h3-6H,7H2,1-2H3,(H,16,17). The number of hydrogen-bond donors (Lipinski definition) is 1. The molecule has 0 aromatic heterocycles. The lowest BCUT2D eigenvalue weighted by atomic mass is 10.3. The van der Waals surface area contributed by atoms with Crippen LogP contribution < -0.4 is 5.32 Å². The van der Waals surface area contributed by atoms with Crippen LogP contribution in [0.3, 0.4) is 0 Å².